The van der Waals surface area contributed by atoms with Gasteiger partial charge in [-0.2, -0.15) is 5.26 Å². The number of hydrogen-bond donors (Lipinski definition) is 1. The van der Waals surface area contributed by atoms with Crippen molar-refractivity contribution in [1.82, 2.24) is 0 Å². The van der Waals surface area contributed by atoms with Crippen molar-refractivity contribution in [2.75, 3.05) is 26.6 Å². The van der Waals surface area contributed by atoms with E-state index in [1.165, 1.54) is 63.8 Å². The van der Waals surface area contributed by atoms with Gasteiger partial charge in [-0.15, -0.1) is 0 Å². The van der Waals surface area contributed by atoms with Crippen molar-refractivity contribution < 1.29 is 33.5 Å². The number of hydrogen-bond acceptors (Lipinski definition) is 9. The molecular formula is C26H20ClN3O8. The van der Waals surface area contributed by atoms with Gasteiger partial charge in [0.2, 0.25) is 0 Å². The number of halogens is 1. The van der Waals surface area contributed by atoms with Crippen LogP contribution in [0.2, 0.25) is 5.02 Å². The number of esters is 1. The fourth-order valence-electron chi connectivity index (χ4n) is 3.20. The third-order valence-corrected chi connectivity index (χ3v) is 5.38. The summed E-state index contributed by atoms with van der Waals surface area (Å²) in [6.45, 7) is 0. The zero-order chi connectivity index (χ0) is 27.8. The van der Waals surface area contributed by atoms with Crippen LogP contribution in [0.3, 0.4) is 0 Å². The van der Waals surface area contributed by atoms with Crippen molar-refractivity contribution in [1.29, 1.82) is 5.26 Å². The van der Waals surface area contributed by atoms with Crippen LogP contribution in [0.4, 0.5) is 11.4 Å². The quantitative estimate of drug-likeness (QED) is 0.0988. The largest absolute Gasteiger partial charge is 0.497 e. The molecule has 0 atom stereocenters. The van der Waals surface area contributed by atoms with Crippen molar-refractivity contribution in [3.63, 3.8) is 0 Å². The number of rotatable bonds is 9. The fourth-order valence-corrected chi connectivity index (χ4v) is 3.46. The molecule has 0 aromatic heterocycles. The lowest BCUT2D eigenvalue weighted by atomic mass is 10.1. The standard InChI is InChI=1S/C26H20ClN3O8/c1-35-18-6-4-16(5-7-18)26(32)38-24-20(27)11-15(12-23(24)37-3)10-17(14-28)25(31)29-21-9-8-19(36-2)13-22(21)30(33)34/h4-13H,1-3H3,(H,29,31)/b17-10+. The lowest BCUT2D eigenvalue weighted by Gasteiger charge is -2.12. The van der Waals surface area contributed by atoms with Gasteiger partial charge in [0.25, 0.3) is 11.6 Å². The molecule has 0 saturated carbocycles. The van der Waals surface area contributed by atoms with Gasteiger partial charge in [0.15, 0.2) is 11.5 Å². The van der Waals surface area contributed by atoms with Crippen LogP contribution in [-0.4, -0.2) is 38.1 Å². The summed E-state index contributed by atoms with van der Waals surface area (Å²) < 4.78 is 20.8. The molecule has 194 valence electrons. The maximum atomic E-state index is 12.7. The number of ether oxygens (including phenoxy) is 4. The van der Waals surface area contributed by atoms with E-state index in [9.17, 15) is 25.0 Å². The Kier molecular flexibility index (Phi) is 8.86. The lowest BCUT2D eigenvalue weighted by Crippen LogP contribution is -2.14. The Bertz CT molecular complexity index is 1460. The predicted molar refractivity (Wildman–Crippen MR) is 138 cm³/mol. The molecule has 11 nitrogen and oxygen atoms in total. The predicted octanol–water partition coefficient (Wildman–Crippen LogP) is 5.04. The molecule has 0 fully saturated rings. The van der Waals surface area contributed by atoms with Gasteiger partial charge in [-0.25, -0.2) is 4.79 Å². The normalized spacial score (nSPS) is 10.7. The highest BCUT2D eigenvalue weighted by molar-refractivity contribution is 6.32. The molecule has 0 aliphatic carbocycles. The summed E-state index contributed by atoms with van der Waals surface area (Å²) in [7, 11) is 4.17. The number of anilines is 1. The Labute approximate surface area is 221 Å². The van der Waals surface area contributed by atoms with Crippen LogP contribution in [0, 0.1) is 21.4 Å². The minimum absolute atomic E-state index is 0.0269. The molecule has 12 heteroatoms. The van der Waals surface area contributed by atoms with E-state index in [0.717, 1.165) is 6.07 Å². The Morgan fingerprint density at radius 2 is 1.66 bits per heavy atom. The van der Waals surface area contributed by atoms with Gasteiger partial charge >= 0.3 is 5.97 Å². The van der Waals surface area contributed by atoms with Crippen molar-refractivity contribution >= 4 is 40.9 Å². The van der Waals surface area contributed by atoms with Gasteiger partial charge in [0.1, 0.15) is 28.8 Å². The number of nitrogens with zero attached hydrogens (tertiary/aromatic N) is 2. The van der Waals surface area contributed by atoms with Crippen LogP contribution in [0.25, 0.3) is 6.08 Å². The van der Waals surface area contributed by atoms with Gasteiger partial charge in [0.05, 0.1) is 42.9 Å². The zero-order valence-electron chi connectivity index (χ0n) is 20.3. The van der Waals surface area contributed by atoms with Crippen LogP contribution >= 0.6 is 11.6 Å². The van der Waals surface area contributed by atoms with Gasteiger partial charge in [-0.05, 0) is 60.2 Å². The second-order valence-electron chi connectivity index (χ2n) is 7.42. The summed E-state index contributed by atoms with van der Waals surface area (Å²) >= 11 is 6.34. The van der Waals surface area contributed by atoms with Crippen LogP contribution in [-0.2, 0) is 4.79 Å². The number of nitrogens with one attached hydrogen (secondary N) is 1. The molecule has 3 aromatic rings. The molecular weight excluding hydrogens is 518 g/mol. The Balaban J connectivity index is 1.87. The summed E-state index contributed by atoms with van der Waals surface area (Å²) in [5.74, 6) is -0.814. The summed E-state index contributed by atoms with van der Waals surface area (Å²) in [6.07, 6.45) is 1.20. The van der Waals surface area contributed by atoms with E-state index in [1.54, 1.807) is 18.2 Å². The fraction of sp³-hybridized carbons (Fsp3) is 0.115. The minimum Gasteiger partial charge on any atom is -0.497 e. The average Bonchev–Trinajstić information content (AvgIpc) is 2.92. The zero-order valence-corrected chi connectivity index (χ0v) is 21.1. The number of carbonyl (C=O) groups is 2. The smallest absolute Gasteiger partial charge is 0.343 e. The average molecular weight is 538 g/mol. The number of nitro groups is 1. The SMILES string of the molecule is COc1ccc(C(=O)Oc2c(Cl)cc(/C=C(\C#N)C(=O)Nc3ccc(OC)cc3[N+](=O)[O-])cc2OC)cc1. The van der Waals surface area contributed by atoms with E-state index < -0.39 is 22.5 Å². The van der Waals surface area contributed by atoms with Crippen molar-refractivity contribution in [3.05, 3.63) is 86.4 Å². The number of nitro benzene ring substituents is 1. The molecule has 0 bridgehead atoms. The van der Waals surface area contributed by atoms with E-state index in [4.69, 9.17) is 30.5 Å². The topological polar surface area (TPSA) is 150 Å². The molecule has 0 spiro atoms. The maximum absolute atomic E-state index is 12.7. The molecule has 0 saturated heterocycles. The van der Waals surface area contributed by atoms with Gasteiger partial charge in [-0.1, -0.05) is 11.6 Å². The van der Waals surface area contributed by atoms with Crippen molar-refractivity contribution in [3.8, 4) is 29.1 Å². The maximum Gasteiger partial charge on any atom is 0.343 e. The second-order valence-corrected chi connectivity index (χ2v) is 7.82. The molecule has 0 aliphatic rings. The third-order valence-electron chi connectivity index (χ3n) is 5.10. The summed E-state index contributed by atoms with van der Waals surface area (Å²) in [6, 6.07) is 14.6. The molecule has 38 heavy (non-hydrogen) atoms. The molecule has 3 aromatic carbocycles. The first-order valence-electron chi connectivity index (χ1n) is 10.7. The van der Waals surface area contributed by atoms with E-state index in [1.807, 2.05) is 0 Å². The highest BCUT2D eigenvalue weighted by Crippen LogP contribution is 2.38. The van der Waals surface area contributed by atoms with E-state index in [-0.39, 0.29) is 44.7 Å². The monoisotopic (exact) mass is 537 g/mol. The van der Waals surface area contributed by atoms with Crippen molar-refractivity contribution in [2.45, 2.75) is 0 Å². The Morgan fingerprint density at radius 1 is 1.00 bits per heavy atom. The van der Waals surface area contributed by atoms with Crippen LogP contribution in [0.5, 0.6) is 23.0 Å². The molecule has 0 unspecified atom stereocenters. The van der Waals surface area contributed by atoms with Crippen LogP contribution in [0.1, 0.15) is 15.9 Å². The number of amides is 1. The molecule has 1 amide bonds. The minimum atomic E-state index is -0.897. The molecule has 1 N–H and O–H groups in total. The van der Waals surface area contributed by atoms with E-state index in [2.05, 4.69) is 5.32 Å². The van der Waals surface area contributed by atoms with Gasteiger partial charge < -0.3 is 24.3 Å². The highest BCUT2D eigenvalue weighted by atomic mass is 35.5. The number of carbonyl (C=O) groups excluding carboxylic acids is 2. The number of methoxy groups -OCH3 is 3. The molecule has 0 radical (unpaired) electrons. The summed E-state index contributed by atoms with van der Waals surface area (Å²) in [4.78, 5) is 36.0. The van der Waals surface area contributed by atoms with E-state index >= 15 is 0 Å². The molecule has 0 heterocycles. The van der Waals surface area contributed by atoms with E-state index in [0.29, 0.717) is 5.75 Å². The van der Waals surface area contributed by atoms with Crippen LogP contribution < -0.4 is 24.3 Å². The number of benzene rings is 3. The third kappa shape index (κ3) is 6.37. The van der Waals surface area contributed by atoms with Gasteiger partial charge in [-0.3, -0.25) is 14.9 Å². The second kappa shape index (κ2) is 12.2. The lowest BCUT2D eigenvalue weighted by molar-refractivity contribution is -0.384. The number of nitriles is 1. The highest BCUT2D eigenvalue weighted by Gasteiger charge is 2.21. The van der Waals surface area contributed by atoms with Crippen LogP contribution in [0.15, 0.2) is 60.2 Å². The Morgan fingerprint density at radius 3 is 2.24 bits per heavy atom. The van der Waals surface area contributed by atoms with Crippen molar-refractivity contribution in [2.24, 2.45) is 0 Å². The van der Waals surface area contributed by atoms with Gasteiger partial charge in [0, 0.05) is 0 Å². The Hall–Kier alpha value is -5.08. The molecule has 3 rings (SSSR count). The summed E-state index contributed by atoms with van der Waals surface area (Å²) in [5.41, 5.74) is -0.409. The molecule has 0 aliphatic heterocycles. The first kappa shape index (κ1) is 27.5. The summed E-state index contributed by atoms with van der Waals surface area (Å²) in [5, 5.41) is 23.3. The first-order chi connectivity index (χ1) is 18.2. The first-order valence-corrected chi connectivity index (χ1v) is 11.1.